The van der Waals surface area contributed by atoms with Crippen LogP contribution < -0.4 is 11.1 Å². The van der Waals surface area contributed by atoms with Crippen LogP contribution in [0.25, 0.3) is 0 Å². The number of carbonyl (C=O) groups excluding carboxylic acids is 1. The smallest absolute Gasteiger partial charge is 0.413 e. The molecule has 8 heteroatoms. The third-order valence-electron chi connectivity index (χ3n) is 1.87. The molecule has 0 spiro atoms. The first-order valence-electron chi connectivity index (χ1n) is 5.52. The highest BCUT2D eigenvalue weighted by molar-refractivity contribution is 5.97. The number of anilines is 1. The Hall–Kier alpha value is -2.22. The summed E-state index contributed by atoms with van der Waals surface area (Å²) in [5.74, 6) is -1.18. The van der Waals surface area contributed by atoms with Crippen molar-refractivity contribution in [1.82, 2.24) is 9.97 Å². The van der Waals surface area contributed by atoms with E-state index in [0.29, 0.717) is 0 Å². The molecule has 0 saturated carbocycles. The van der Waals surface area contributed by atoms with Crippen molar-refractivity contribution >= 4 is 17.9 Å². The Morgan fingerprint density at radius 2 is 2.11 bits per heavy atom. The molecular formula is C11H16N4O4. The van der Waals surface area contributed by atoms with Crippen molar-refractivity contribution in [2.45, 2.75) is 32.9 Å². The van der Waals surface area contributed by atoms with Gasteiger partial charge < -0.3 is 15.6 Å². The van der Waals surface area contributed by atoms with Gasteiger partial charge in [-0.25, -0.2) is 19.6 Å². The van der Waals surface area contributed by atoms with Gasteiger partial charge in [-0.3, -0.25) is 5.32 Å². The number of nitrogens with zero attached hydrogens (tertiary/aromatic N) is 2. The van der Waals surface area contributed by atoms with Gasteiger partial charge in [0.05, 0.1) is 6.54 Å². The zero-order chi connectivity index (χ0) is 14.6. The molecule has 0 radical (unpaired) electrons. The van der Waals surface area contributed by atoms with Crippen molar-refractivity contribution < 1.29 is 19.4 Å². The van der Waals surface area contributed by atoms with Crippen molar-refractivity contribution in [2.24, 2.45) is 5.73 Å². The van der Waals surface area contributed by atoms with Crippen LogP contribution in [-0.4, -0.2) is 32.7 Å². The maximum atomic E-state index is 11.6. The Balaban J connectivity index is 2.98. The van der Waals surface area contributed by atoms with E-state index in [0.717, 1.165) is 6.20 Å². The standard InChI is InChI=1S/C11H16N4O4/c1-11(2,3)19-10(18)15-8-6(9(16)17)5-13-7(4-12)14-8/h5H,4,12H2,1-3H3,(H,16,17)(H,13,14,15,18). The molecule has 1 rings (SSSR count). The van der Waals surface area contributed by atoms with E-state index in [1.165, 1.54) is 0 Å². The second-order valence-corrected chi connectivity index (χ2v) is 4.68. The van der Waals surface area contributed by atoms with E-state index < -0.39 is 17.7 Å². The van der Waals surface area contributed by atoms with E-state index in [2.05, 4.69) is 15.3 Å². The Bertz CT molecular complexity index is 496. The molecule has 104 valence electrons. The maximum Gasteiger partial charge on any atom is 0.413 e. The van der Waals surface area contributed by atoms with Gasteiger partial charge in [0.2, 0.25) is 0 Å². The molecule has 0 aromatic carbocycles. The summed E-state index contributed by atoms with van der Waals surface area (Å²) in [6, 6.07) is 0. The number of hydrogen-bond acceptors (Lipinski definition) is 6. The van der Waals surface area contributed by atoms with E-state index in [-0.39, 0.29) is 23.8 Å². The van der Waals surface area contributed by atoms with Crippen LogP contribution in [0, 0.1) is 0 Å². The molecule has 19 heavy (non-hydrogen) atoms. The predicted molar refractivity (Wildman–Crippen MR) is 66.7 cm³/mol. The Morgan fingerprint density at radius 1 is 1.47 bits per heavy atom. The summed E-state index contributed by atoms with van der Waals surface area (Å²) in [5, 5.41) is 11.2. The van der Waals surface area contributed by atoms with Crippen molar-refractivity contribution in [2.75, 3.05) is 5.32 Å². The summed E-state index contributed by atoms with van der Waals surface area (Å²) < 4.78 is 5.02. The molecule has 0 saturated heterocycles. The van der Waals surface area contributed by atoms with Crippen molar-refractivity contribution in [1.29, 1.82) is 0 Å². The minimum Gasteiger partial charge on any atom is -0.477 e. The zero-order valence-electron chi connectivity index (χ0n) is 10.9. The number of rotatable bonds is 3. The molecule has 1 heterocycles. The molecule has 1 aromatic heterocycles. The maximum absolute atomic E-state index is 11.6. The largest absolute Gasteiger partial charge is 0.477 e. The third-order valence-corrected chi connectivity index (χ3v) is 1.87. The van der Waals surface area contributed by atoms with Crippen LogP contribution >= 0.6 is 0 Å². The van der Waals surface area contributed by atoms with E-state index in [4.69, 9.17) is 15.6 Å². The third kappa shape index (κ3) is 4.51. The number of ether oxygens (including phenoxy) is 1. The number of hydrogen-bond donors (Lipinski definition) is 3. The quantitative estimate of drug-likeness (QED) is 0.745. The molecule has 0 bridgehead atoms. The molecule has 0 fully saturated rings. The molecule has 8 nitrogen and oxygen atoms in total. The lowest BCUT2D eigenvalue weighted by Crippen LogP contribution is -2.28. The van der Waals surface area contributed by atoms with E-state index in [1.54, 1.807) is 20.8 Å². The minimum atomic E-state index is -1.25. The van der Waals surface area contributed by atoms with Crippen LogP contribution in [0.4, 0.5) is 10.6 Å². The van der Waals surface area contributed by atoms with E-state index in [1.807, 2.05) is 0 Å². The SMILES string of the molecule is CC(C)(C)OC(=O)Nc1nc(CN)ncc1C(=O)O. The first-order chi connectivity index (χ1) is 8.73. The summed E-state index contributed by atoms with van der Waals surface area (Å²) in [4.78, 5) is 30.2. The molecule has 0 aliphatic rings. The second kappa shape index (κ2) is 5.61. The Kier molecular flexibility index (Phi) is 4.38. The van der Waals surface area contributed by atoms with Gasteiger partial charge in [0.25, 0.3) is 0 Å². The topological polar surface area (TPSA) is 127 Å². The summed E-state index contributed by atoms with van der Waals surface area (Å²) in [6.07, 6.45) is 0.293. The van der Waals surface area contributed by atoms with Gasteiger partial charge in [-0.1, -0.05) is 0 Å². The molecular weight excluding hydrogens is 252 g/mol. The molecule has 1 aromatic rings. The molecule has 0 aliphatic carbocycles. The van der Waals surface area contributed by atoms with E-state index >= 15 is 0 Å². The van der Waals surface area contributed by atoms with Crippen LogP contribution in [0.15, 0.2) is 6.20 Å². The highest BCUT2D eigenvalue weighted by atomic mass is 16.6. The lowest BCUT2D eigenvalue weighted by Gasteiger charge is -2.19. The lowest BCUT2D eigenvalue weighted by molar-refractivity contribution is 0.0635. The van der Waals surface area contributed by atoms with Gasteiger partial charge in [0, 0.05) is 6.20 Å². The highest BCUT2D eigenvalue weighted by Crippen LogP contribution is 2.14. The molecule has 4 N–H and O–H groups in total. The Morgan fingerprint density at radius 3 is 2.58 bits per heavy atom. The van der Waals surface area contributed by atoms with Crippen LogP contribution in [0.5, 0.6) is 0 Å². The highest BCUT2D eigenvalue weighted by Gasteiger charge is 2.20. The predicted octanol–water partition coefficient (Wildman–Crippen LogP) is 0.980. The minimum absolute atomic E-state index is 0.0307. The number of nitrogens with two attached hydrogens (primary N) is 1. The fourth-order valence-corrected chi connectivity index (χ4v) is 1.17. The zero-order valence-corrected chi connectivity index (χ0v) is 10.9. The summed E-state index contributed by atoms with van der Waals surface area (Å²) >= 11 is 0. The second-order valence-electron chi connectivity index (χ2n) is 4.68. The van der Waals surface area contributed by atoms with Gasteiger partial charge in [-0.05, 0) is 20.8 Å². The molecule has 0 unspecified atom stereocenters. The van der Waals surface area contributed by atoms with Gasteiger partial charge in [-0.2, -0.15) is 0 Å². The molecule has 0 atom stereocenters. The monoisotopic (exact) mass is 268 g/mol. The van der Waals surface area contributed by atoms with E-state index in [9.17, 15) is 9.59 Å². The number of carboxylic acid groups (broad SMARTS) is 1. The molecule has 0 aliphatic heterocycles. The number of nitrogens with one attached hydrogen (secondary N) is 1. The van der Waals surface area contributed by atoms with Crippen LogP contribution in [0.2, 0.25) is 0 Å². The van der Waals surface area contributed by atoms with Gasteiger partial charge in [0.15, 0.2) is 5.82 Å². The summed E-state index contributed by atoms with van der Waals surface area (Å²) in [7, 11) is 0. The first-order valence-corrected chi connectivity index (χ1v) is 5.52. The fraction of sp³-hybridized carbons (Fsp3) is 0.455. The lowest BCUT2D eigenvalue weighted by atomic mass is 10.2. The summed E-state index contributed by atoms with van der Waals surface area (Å²) in [6.45, 7) is 5.10. The van der Waals surface area contributed by atoms with Gasteiger partial charge >= 0.3 is 12.1 Å². The molecule has 1 amide bonds. The number of carboxylic acids is 1. The number of carbonyl (C=O) groups is 2. The van der Waals surface area contributed by atoms with Crippen molar-refractivity contribution in [3.8, 4) is 0 Å². The van der Waals surface area contributed by atoms with Gasteiger partial charge in [-0.15, -0.1) is 0 Å². The fourth-order valence-electron chi connectivity index (χ4n) is 1.17. The van der Waals surface area contributed by atoms with Crippen LogP contribution in [0.3, 0.4) is 0 Å². The number of aromatic nitrogens is 2. The summed E-state index contributed by atoms with van der Waals surface area (Å²) in [5.41, 5.74) is 4.43. The number of aromatic carboxylic acids is 1. The van der Waals surface area contributed by atoms with Crippen LogP contribution in [0.1, 0.15) is 37.0 Å². The average molecular weight is 268 g/mol. The first kappa shape index (κ1) is 14.8. The normalized spacial score (nSPS) is 10.9. The van der Waals surface area contributed by atoms with Gasteiger partial charge in [0.1, 0.15) is 17.0 Å². The van der Waals surface area contributed by atoms with Crippen molar-refractivity contribution in [3.63, 3.8) is 0 Å². The van der Waals surface area contributed by atoms with Crippen molar-refractivity contribution in [3.05, 3.63) is 17.6 Å². The van der Waals surface area contributed by atoms with Crippen LogP contribution in [-0.2, 0) is 11.3 Å². The Labute approximate surface area is 110 Å². The number of amides is 1. The average Bonchev–Trinajstić information content (AvgIpc) is 2.25.